The van der Waals surface area contributed by atoms with Crippen molar-refractivity contribution in [1.29, 1.82) is 0 Å². The lowest BCUT2D eigenvalue weighted by Crippen LogP contribution is -2.31. The summed E-state index contributed by atoms with van der Waals surface area (Å²) >= 11 is 1.72. The number of nitrogens with zero attached hydrogens (tertiary/aromatic N) is 3. The number of rotatable bonds is 8. The molecule has 0 saturated heterocycles. The van der Waals surface area contributed by atoms with Gasteiger partial charge in [0.05, 0.1) is 5.39 Å². The highest BCUT2D eigenvalue weighted by Crippen LogP contribution is 2.29. The zero-order valence-electron chi connectivity index (χ0n) is 16.9. The molecular formula is C21H27N5OS. The van der Waals surface area contributed by atoms with Crippen LogP contribution in [0.2, 0.25) is 0 Å². The van der Waals surface area contributed by atoms with E-state index in [1.54, 1.807) is 11.3 Å². The molecule has 0 atom stereocenters. The standard InChI is InChI=1S/C21H27N5OS/c1-5-17-12-18-19(24-14(2)25-21(18)28-17)23-13-15-6-8-16(9-7-15)20(27)22-10-11-26(3)4/h6-9,12H,5,10-11,13H2,1-4H3,(H,22,27)(H,23,24,25). The average molecular weight is 398 g/mol. The van der Waals surface area contributed by atoms with Crippen LogP contribution in [0.4, 0.5) is 5.82 Å². The molecule has 7 heteroatoms. The largest absolute Gasteiger partial charge is 0.365 e. The molecule has 0 unspecified atom stereocenters. The Kier molecular flexibility index (Phi) is 6.59. The average Bonchev–Trinajstić information content (AvgIpc) is 3.09. The molecule has 28 heavy (non-hydrogen) atoms. The topological polar surface area (TPSA) is 70.2 Å². The molecule has 2 heterocycles. The van der Waals surface area contributed by atoms with Crippen LogP contribution in [-0.4, -0.2) is 48.0 Å². The molecule has 6 nitrogen and oxygen atoms in total. The highest BCUT2D eigenvalue weighted by molar-refractivity contribution is 7.18. The summed E-state index contributed by atoms with van der Waals surface area (Å²) in [6, 6.07) is 9.85. The molecule has 3 aromatic rings. The second kappa shape index (κ2) is 9.12. The van der Waals surface area contributed by atoms with Gasteiger partial charge in [0.2, 0.25) is 0 Å². The van der Waals surface area contributed by atoms with E-state index in [1.165, 1.54) is 4.88 Å². The van der Waals surface area contributed by atoms with Crippen LogP contribution >= 0.6 is 11.3 Å². The van der Waals surface area contributed by atoms with Gasteiger partial charge in [0.15, 0.2) is 0 Å². The van der Waals surface area contributed by atoms with E-state index in [0.717, 1.165) is 40.4 Å². The maximum Gasteiger partial charge on any atom is 0.251 e. The quantitative estimate of drug-likeness (QED) is 0.609. The Hall–Kier alpha value is -2.51. The highest BCUT2D eigenvalue weighted by atomic mass is 32.1. The van der Waals surface area contributed by atoms with Gasteiger partial charge in [0.1, 0.15) is 16.5 Å². The van der Waals surface area contributed by atoms with E-state index in [9.17, 15) is 4.79 Å². The van der Waals surface area contributed by atoms with E-state index in [0.29, 0.717) is 18.7 Å². The minimum atomic E-state index is -0.0418. The molecular weight excluding hydrogens is 370 g/mol. The number of fused-ring (bicyclic) bond motifs is 1. The third-order valence-corrected chi connectivity index (χ3v) is 5.60. The first-order valence-corrected chi connectivity index (χ1v) is 10.3. The molecule has 0 aliphatic heterocycles. The second-order valence-electron chi connectivity index (χ2n) is 7.01. The van der Waals surface area contributed by atoms with Crippen molar-refractivity contribution in [3.8, 4) is 0 Å². The Balaban J connectivity index is 1.64. The van der Waals surface area contributed by atoms with Crippen LogP contribution in [0, 0.1) is 6.92 Å². The van der Waals surface area contributed by atoms with Gasteiger partial charge in [0.25, 0.3) is 5.91 Å². The second-order valence-corrected chi connectivity index (χ2v) is 8.13. The maximum absolute atomic E-state index is 12.2. The molecule has 0 aliphatic carbocycles. The van der Waals surface area contributed by atoms with E-state index in [2.05, 4.69) is 33.6 Å². The smallest absolute Gasteiger partial charge is 0.251 e. The van der Waals surface area contributed by atoms with Gasteiger partial charge in [-0.05, 0) is 51.2 Å². The van der Waals surface area contributed by atoms with Crippen molar-refractivity contribution in [3.63, 3.8) is 0 Å². The van der Waals surface area contributed by atoms with Gasteiger partial charge in [-0.3, -0.25) is 4.79 Å². The molecule has 2 aromatic heterocycles. The van der Waals surface area contributed by atoms with Crippen LogP contribution < -0.4 is 10.6 Å². The number of hydrogen-bond acceptors (Lipinski definition) is 6. The molecule has 1 amide bonds. The van der Waals surface area contributed by atoms with Gasteiger partial charge in [-0.25, -0.2) is 9.97 Å². The summed E-state index contributed by atoms with van der Waals surface area (Å²) < 4.78 is 0. The third kappa shape index (κ3) is 5.05. The monoisotopic (exact) mass is 397 g/mol. The van der Waals surface area contributed by atoms with Gasteiger partial charge >= 0.3 is 0 Å². The van der Waals surface area contributed by atoms with Crippen LogP contribution in [0.1, 0.15) is 33.5 Å². The van der Waals surface area contributed by atoms with Gasteiger partial charge < -0.3 is 15.5 Å². The first kappa shape index (κ1) is 20.2. The lowest BCUT2D eigenvalue weighted by Gasteiger charge is -2.11. The first-order valence-electron chi connectivity index (χ1n) is 9.49. The number of amides is 1. The molecule has 2 N–H and O–H groups in total. The fourth-order valence-electron chi connectivity index (χ4n) is 2.84. The number of nitrogens with one attached hydrogen (secondary N) is 2. The van der Waals surface area contributed by atoms with Crippen molar-refractivity contribution in [2.75, 3.05) is 32.5 Å². The zero-order valence-corrected chi connectivity index (χ0v) is 17.7. The summed E-state index contributed by atoms with van der Waals surface area (Å²) in [6.07, 6.45) is 0.998. The van der Waals surface area contributed by atoms with Crippen LogP contribution in [0.15, 0.2) is 30.3 Å². The van der Waals surface area contributed by atoms with Crippen LogP contribution in [0.25, 0.3) is 10.2 Å². The lowest BCUT2D eigenvalue weighted by atomic mass is 10.1. The minimum Gasteiger partial charge on any atom is -0.365 e. The Morgan fingerprint density at radius 2 is 1.93 bits per heavy atom. The fourth-order valence-corrected chi connectivity index (χ4v) is 3.85. The van der Waals surface area contributed by atoms with E-state index in [-0.39, 0.29) is 5.91 Å². The SMILES string of the molecule is CCc1cc2c(NCc3ccc(C(=O)NCCN(C)C)cc3)nc(C)nc2s1. The Bertz CT molecular complexity index is 949. The third-order valence-electron chi connectivity index (χ3n) is 4.42. The van der Waals surface area contributed by atoms with Crippen LogP contribution in [-0.2, 0) is 13.0 Å². The fraction of sp³-hybridized carbons (Fsp3) is 0.381. The molecule has 0 fully saturated rings. The summed E-state index contributed by atoms with van der Waals surface area (Å²) in [5, 5.41) is 7.43. The summed E-state index contributed by atoms with van der Waals surface area (Å²) in [5.41, 5.74) is 1.77. The van der Waals surface area contributed by atoms with Crippen molar-refractivity contribution in [2.45, 2.75) is 26.8 Å². The zero-order chi connectivity index (χ0) is 20.1. The Morgan fingerprint density at radius 3 is 2.61 bits per heavy atom. The minimum absolute atomic E-state index is 0.0418. The number of aromatic nitrogens is 2. The number of aryl methyl sites for hydroxylation is 2. The van der Waals surface area contributed by atoms with Crippen molar-refractivity contribution >= 4 is 33.3 Å². The molecule has 3 rings (SSSR count). The summed E-state index contributed by atoms with van der Waals surface area (Å²) in [5.74, 6) is 1.59. The van der Waals surface area contributed by atoms with E-state index in [1.807, 2.05) is 50.2 Å². The van der Waals surface area contributed by atoms with Gasteiger partial charge in [-0.1, -0.05) is 19.1 Å². The van der Waals surface area contributed by atoms with Gasteiger partial charge in [-0.15, -0.1) is 11.3 Å². The number of benzene rings is 1. The molecule has 0 spiro atoms. The van der Waals surface area contributed by atoms with Crippen LogP contribution in [0.3, 0.4) is 0 Å². The van der Waals surface area contributed by atoms with E-state index in [4.69, 9.17) is 0 Å². The Morgan fingerprint density at radius 1 is 1.18 bits per heavy atom. The number of thiophene rings is 1. The van der Waals surface area contributed by atoms with Crippen LogP contribution in [0.5, 0.6) is 0 Å². The predicted octanol–water partition coefficient (Wildman–Crippen LogP) is 3.47. The van der Waals surface area contributed by atoms with Crippen molar-refractivity contribution in [2.24, 2.45) is 0 Å². The maximum atomic E-state index is 12.2. The number of carbonyl (C=O) groups is 1. The molecule has 148 valence electrons. The number of anilines is 1. The summed E-state index contributed by atoms with van der Waals surface area (Å²) in [4.78, 5) is 25.7. The molecule has 0 radical (unpaired) electrons. The Labute approximate surface area is 170 Å². The van der Waals surface area contributed by atoms with E-state index < -0.39 is 0 Å². The molecule has 0 saturated carbocycles. The summed E-state index contributed by atoms with van der Waals surface area (Å²) in [6.45, 7) is 6.17. The number of hydrogen-bond donors (Lipinski definition) is 2. The lowest BCUT2D eigenvalue weighted by molar-refractivity contribution is 0.0951. The summed E-state index contributed by atoms with van der Waals surface area (Å²) in [7, 11) is 3.97. The molecule has 0 aliphatic rings. The van der Waals surface area contributed by atoms with Crippen molar-refractivity contribution < 1.29 is 4.79 Å². The first-order chi connectivity index (χ1) is 13.5. The normalized spacial score (nSPS) is 11.2. The van der Waals surface area contributed by atoms with Crippen molar-refractivity contribution in [1.82, 2.24) is 20.2 Å². The van der Waals surface area contributed by atoms with Crippen molar-refractivity contribution in [3.05, 3.63) is 52.2 Å². The molecule has 1 aromatic carbocycles. The predicted molar refractivity (Wildman–Crippen MR) is 116 cm³/mol. The van der Waals surface area contributed by atoms with Gasteiger partial charge in [-0.2, -0.15) is 0 Å². The van der Waals surface area contributed by atoms with Gasteiger partial charge in [0, 0.05) is 30.1 Å². The number of carbonyl (C=O) groups excluding carboxylic acids is 1. The molecule has 0 bridgehead atoms. The van der Waals surface area contributed by atoms with E-state index >= 15 is 0 Å². The number of likely N-dealkylation sites (N-methyl/N-ethyl adjacent to an activating group) is 1. The highest BCUT2D eigenvalue weighted by Gasteiger charge is 2.10.